The molecule has 0 radical (unpaired) electrons. The predicted molar refractivity (Wildman–Crippen MR) is 113 cm³/mol. The van der Waals surface area contributed by atoms with Crippen LogP contribution in [-0.2, 0) is 6.54 Å². The van der Waals surface area contributed by atoms with Gasteiger partial charge in [0.25, 0.3) is 5.69 Å². The van der Waals surface area contributed by atoms with Crippen molar-refractivity contribution in [2.24, 2.45) is 0 Å². The average Bonchev–Trinajstić information content (AvgIpc) is 3.24. The summed E-state index contributed by atoms with van der Waals surface area (Å²) >= 11 is 0. The molecule has 2 aromatic carbocycles. The molecule has 1 saturated heterocycles. The SMILES string of the molecule is CC[C@H](c1nnnn1Cc1ccc(F)cc1)N1CCN(c2ccc([N+](=O)[O-])cc2)CC1. The molecule has 0 bridgehead atoms. The maximum absolute atomic E-state index is 13.2. The van der Waals surface area contributed by atoms with E-state index in [2.05, 4.69) is 32.2 Å². The van der Waals surface area contributed by atoms with Crippen LogP contribution in [0.2, 0.25) is 0 Å². The van der Waals surface area contributed by atoms with Crippen molar-refractivity contribution in [3.8, 4) is 0 Å². The Morgan fingerprint density at radius 3 is 2.35 bits per heavy atom. The number of non-ortho nitro benzene ring substituents is 1. The minimum atomic E-state index is -0.385. The lowest BCUT2D eigenvalue weighted by molar-refractivity contribution is -0.384. The Hall–Kier alpha value is -3.40. The van der Waals surface area contributed by atoms with Gasteiger partial charge in [-0.3, -0.25) is 15.0 Å². The van der Waals surface area contributed by atoms with E-state index in [1.54, 1.807) is 41.1 Å². The molecule has 0 N–H and O–H groups in total. The first-order valence-electron chi connectivity index (χ1n) is 10.3. The molecular formula is C21H24FN7O2. The van der Waals surface area contributed by atoms with Crippen molar-refractivity contribution in [3.05, 3.63) is 75.9 Å². The lowest BCUT2D eigenvalue weighted by atomic mass is 10.1. The number of rotatable bonds is 7. The molecule has 162 valence electrons. The fourth-order valence-corrected chi connectivity index (χ4v) is 4.01. The maximum Gasteiger partial charge on any atom is 0.269 e. The van der Waals surface area contributed by atoms with Gasteiger partial charge in [0.15, 0.2) is 5.82 Å². The highest BCUT2D eigenvalue weighted by atomic mass is 19.1. The van der Waals surface area contributed by atoms with Crippen molar-refractivity contribution in [2.45, 2.75) is 25.9 Å². The van der Waals surface area contributed by atoms with Crippen molar-refractivity contribution in [1.29, 1.82) is 0 Å². The lowest BCUT2D eigenvalue weighted by Crippen LogP contribution is -2.48. The summed E-state index contributed by atoms with van der Waals surface area (Å²) in [5.41, 5.74) is 2.02. The van der Waals surface area contributed by atoms with Gasteiger partial charge in [0.1, 0.15) is 5.82 Å². The molecule has 9 nitrogen and oxygen atoms in total. The van der Waals surface area contributed by atoms with Gasteiger partial charge in [-0.2, -0.15) is 0 Å². The Balaban J connectivity index is 1.42. The molecule has 1 aromatic heterocycles. The van der Waals surface area contributed by atoms with Crippen LogP contribution >= 0.6 is 0 Å². The normalized spacial score (nSPS) is 15.7. The number of nitro groups is 1. The number of hydrogen-bond donors (Lipinski definition) is 0. The fraction of sp³-hybridized carbons (Fsp3) is 0.381. The van der Waals surface area contributed by atoms with Gasteiger partial charge in [-0.05, 0) is 46.7 Å². The zero-order valence-electron chi connectivity index (χ0n) is 17.3. The first-order chi connectivity index (χ1) is 15.0. The van der Waals surface area contributed by atoms with E-state index in [1.807, 2.05) is 0 Å². The summed E-state index contributed by atoms with van der Waals surface area (Å²) in [5, 5.41) is 23.2. The first kappa shape index (κ1) is 20.9. The van der Waals surface area contributed by atoms with Crippen LogP contribution in [0.15, 0.2) is 48.5 Å². The maximum atomic E-state index is 13.2. The highest BCUT2D eigenvalue weighted by molar-refractivity contribution is 5.51. The molecule has 1 fully saturated rings. The smallest absolute Gasteiger partial charge is 0.269 e. The molecule has 4 rings (SSSR count). The van der Waals surface area contributed by atoms with Gasteiger partial charge in [0.05, 0.1) is 17.5 Å². The quantitative estimate of drug-likeness (QED) is 0.424. The van der Waals surface area contributed by atoms with Crippen molar-refractivity contribution in [2.75, 3.05) is 31.1 Å². The largest absolute Gasteiger partial charge is 0.369 e. The third-order valence-electron chi connectivity index (χ3n) is 5.67. The predicted octanol–water partition coefficient (Wildman–Crippen LogP) is 3.04. The molecule has 1 aliphatic rings. The van der Waals surface area contributed by atoms with E-state index in [1.165, 1.54) is 12.1 Å². The number of tetrazole rings is 1. The van der Waals surface area contributed by atoms with Gasteiger partial charge in [-0.1, -0.05) is 19.1 Å². The molecule has 0 spiro atoms. The van der Waals surface area contributed by atoms with Gasteiger partial charge in [0.2, 0.25) is 0 Å². The summed E-state index contributed by atoms with van der Waals surface area (Å²) in [6, 6.07) is 13.1. The summed E-state index contributed by atoms with van der Waals surface area (Å²) in [7, 11) is 0. The van der Waals surface area contributed by atoms with Gasteiger partial charge < -0.3 is 4.90 Å². The Bertz CT molecular complexity index is 1010. The minimum absolute atomic E-state index is 0.0782. The van der Waals surface area contributed by atoms with Gasteiger partial charge in [0, 0.05) is 44.0 Å². The van der Waals surface area contributed by atoms with Gasteiger partial charge in [-0.25, -0.2) is 9.07 Å². The van der Waals surface area contributed by atoms with E-state index in [4.69, 9.17) is 0 Å². The van der Waals surface area contributed by atoms with Crippen molar-refractivity contribution < 1.29 is 9.31 Å². The van der Waals surface area contributed by atoms with Crippen LogP contribution in [0.3, 0.4) is 0 Å². The number of anilines is 1. The number of halogens is 1. The van der Waals surface area contributed by atoms with Crippen LogP contribution in [0.25, 0.3) is 0 Å². The van der Waals surface area contributed by atoms with E-state index in [9.17, 15) is 14.5 Å². The van der Waals surface area contributed by atoms with E-state index >= 15 is 0 Å². The third-order valence-corrected chi connectivity index (χ3v) is 5.67. The second-order valence-electron chi connectivity index (χ2n) is 7.54. The minimum Gasteiger partial charge on any atom is -0.369 e. The second kappa shape index (κ2) is 9.17. The van der Waals surface area contributed by atoms with Crippen molar-refractivity contribution >= 4 is 11.4 Å². The summed E-state index contributed by atoms with van der Waals surface area (Å²) < 4.78 is 15.0. The Morgan fingerprint density at radius 2 is 1.74 bits per heavy atom. The average molecular weight is 425 g/mol. The Labute approximate surface area is 179 Å². The molecular weight excluding hydrogens is 401 g/mol. The topological polar surface area (TPSA) is 93.2 Å². The van der Waals surface area contributed by atoms with E-state index < -0.39 is 0 Å². The monoisotopic (exact) mass is 425 g/mol. The lowest BCUT2D eigenvalue weighted by Gasteiger charge is -2.39. The van der Waals surface area contributed by atoms with Crippen LogP contribution in [0.4, 0.5) is 15.8 Å². The molecule has 0 saturated carbocycles. The van der Waals surface area contributed by atoms with Crippen LogP contribution < -0.4 is 4.90 Å². The third kappa shape index (κ3) is 4.69. The molecule has 0 aliphatic carbocycles. The van der Waals surface area contributed by atoms with Crippen LogP contribution in [0.1, 0.15) is 30.8 Å². The summed E-state index contributed by atoms with van der Waals surface area (Å²) in [6.45, 7) is 5.89. The number of benzene rings is 2. The van der Waals surface area contributed by atoms with Crippen LogP contribution in [0.5, 0.6) is 0 Å². The van der Waals surface area contributed by atoms with E-state index in [0.29, 0.717) is 6.54 Å². The van der Waals surface area contributed by atoms with Crippen molar-refractivity contribution in [3.63, 3.8) is 0 Å². The Kier molecular flexibility index (Phi) is 6.17. The number of nitro benzene ring substituents is 1. The zero-order chi connectivity index (χ0) is 21.8. The number of piperazine rings is 1. The number of hydrogen-bond acceptors (Lipinski definition) is 7. The molecule has 0 unspecified atom stereocenters. The van der Waals surface area contributed by atoms with Crippen LogP contribution in [-0.4, -0.2) is 56.2 Å². The molecule has 1 aliphatic heterocycles. The summed E-state index contributed by atoms with van der Waals surface area (Å²) in [6.07, 6.45) is 0.862. The van der Waals surface area contributed by atoms with Gasteiger partial charge >= 0.3 is 0 Å². The Morgan fingerprint density at radius 1 is 1.06 bits per heavy atom. The van der Waals surface area contributed by atoms with Crippen LogP contribution in [0, 0.1) is 15.9 Å². The number of nitrogens with zero attached hydrogens (tertiary/aromatic N) is 7. The van der Waals surface area contributed by atoms with Gasteiger partial charge in [-0.15, -0.1) is 5.10 Å². The number of aromatic nitrogens is 4. The molecule has 31 heavy (non-hydrogen) atoms. The highest BCUT2D eigenvalue weighted by Crippen LogP contribution is 2.26. The van der Waals surface area contributed by atoms with Crippen molar-refractivity contribution in [1.82, 2.24) is 25.1 Å². The summed E-state index contributed by atoms with van der Waals surface area (Å²) in [5.74, 6) is 0.536. The molecule has 2 heterocycles. The second-order valence-corrected chi connectivity index (χ2v) is 7.54. The highest BCUT2D eigenvalue weighted by Gasteiger charge is 2.28. The molecule has 1 atom stereocenters. The standard InChI is InChI=1S/C21H24FN7O2/c1-2-20(21-23-24-25-28(21)15-16-3-5-17(22)6-4-16)27-13-11-26(12-14-27)18-7-9-19(10-8-18)29(30)31/h3-10,20H,2,11-15H2,1H3/t20-/m1/s1. The first-order valence-corrected chi connectivity index (χ1v) is 10.3. The summed E-state index contributed by atoms with van der Waals surface area (Å²) in [4.78, 5) is 15.1. The van der Waals surface area contributed by atoms with E-state index in [0.717, 1.165) is 49.7 Å². The molecule has 0 amide bonds. The molecule has 10 heteroatoms. The fourth-order valence-electron chi connectivity index (χ4n) is 4.01. The van der Waals surface area contributed by atoms with E-state index in [-0.39, 0.29) is 22.5 Å². The zero-order valence-corrected chi connectivity index (χ0v) is 17.3. The molecule has 3 aromatic rings.